The SMILES string of the molecule is c1ccc2c(c1)CN(CCc1cn[nH]n1)CC1(CCOCC1)O2. The number of fused-ring (bicyclic) bond motifs is 1. The molecule has 2 aliphatic rings. The lowest BCUT2D eigenvalue weighted by molar-refractivity contribution is -0.0582. The zero-order chi connectivity index (χ0) is 15.5. The summed E-state index contributed by atoms with van der Waals surface area (Å²) >= 11 is 0. The van der Waals surface area contributed by atoms with Gasteiger partial charge in [-0.2, -0.15) is 15.4 Å². The van der Waals surface area contributed by atoms with Gasteiger partial charge in [0.15, 0.2) is 0 Å². The molecule has 0 saturated carbocycles. The van der Waals surface area contributed by atoms with E-state index in [4.69, 9.17) is 9.47 Å². The zero-order valence-corrected chi connectivity index (χ0v) is 13.2. The zero-order valence-electron chi connectivity index (χ0n) is 13.2. The molecule has 2 aliphatic heterocycles. The Balaban J connectivity index is 1.56. The summed E-state index contributed by atoms with van der Waals surface area (Å²) in [5.41, 5.74) is 2.13. The summed E-state index contributed by atoms with van der Waals surface area (Å²) in [6.07, 6.45) is 4.58. The molecule has 0 atom stereocenters. The normalized spacial score (nSPS) is 20.7. The molecule has 1 N–H and O–H groups in total. The van der Waals surface area contributed by atoms with Gasteiger partial charge in [-0.1, -0.05) is 18.2 Å². The lowest BCUT2D eigenvalue weighted by Gasteiger charge is -2.39. The summed E-state index contributed by atoms with van der Waals surface area (Å²) in [6, 6.07) is 8.39. The molecule has 6 nitrogen and oxygen atoms in total. The number of hydrogen-bond acceptors (Lipinski definition) is 5. The first kappa shape index (κ1) is 14.7. The molecular formula is C17H22N4O2. The molecule has 4 rings (SSSR count). The van der Waals surface area contributed by atoms with E-state index in [9.17, 15) is 0 Å². The fourth-order valence-electron chi connectivity index (χ4n) is 3.48. The number of aromatic amines is 1. The van der Waals surface area contributed by atoms with Gasteiger partial charge < -0.3 is 9.47 Å². The molecular weight excluding hydrogens is 292 g/mol. The van der Waals surface area contributed by atoms with Crippen molar-refractivity contribution in [3.8, 4) is 5.75 Å². The largest absolute Gasteiger partial charge is 0.485 e. The van der Waals surface area contributed by atoms with E-state index in [1.165, 1.54) is 5.56 Å². The van der Waals surface area contributed by atoms with Crippen LogP contribution in [0, 0.1) is 0 Å². The lowest BCUT2D eigenvalue weighted by atomic mass is 9.93. The van der Waals surface area contributed by atoms with E-state index >= 15 is 0 Å². The highest BCUT2D eigenvalue weighted by Crippen LogP contribution is 2.34. The van der Waals surface area contributed by atoms with Crippen LogP contribution in [0.25, 0.3) is 0 Å². The first-order chi connectivity index (χ1) is 11.3. The van der Waals surface area contributed by atoms with Crippen LogP contribution in [-0.4, -0.2) is 52.2 Å². The Morgan fingerprint density at radius 2 is 2.09 bits per heavy atom. The van der Waals surface area contributed by atoms with E-state index in [1.807, 2.05) is 0 Å². The molecule has 6 heteroatoms. The Morgan fingerprint density at radius 1 is 1.22 bits per heavy atom. The van der Waals surface area contributed by atoms with Crippen molar-refractivity contribution in [2.75, 3.05) is 26.3 Å². The molecule has 1 aromatic carbocycles. The minimum Gasteiger partial charge on any atom is -0.485 e. The highest BCUT2D eigenvalue weighted by Gasteiger charge is 2.39. The summed E-state index contributed by atoms with van der Waals surface area (Å²) < 4.78 is 12.1. The molecule has 1 spiro atoms. The summed E-state index contributed by atoms with van der Waals surface area (Å²) in [4.78, 5) is 2.48. The van der Waals surface area contributed by atoms with Crippen LogP contribution < -0.4 is 4.74 Å². The molecule has 1 saturated heterocycles. The van der Waals surface area contributed by atoms with Crippen molar-refractivity contribution in [3.05, 3.63) is 41.7 Å². The maximum absolute atomic E-state index is 6.50. The van der Waals surface area contributed by atoms with Gasteiger partial charge in [-0.15, -0.1) is 0 Å². The number of hydrogen-bond donors (Lipinski definition) is 1. The quantitative estimate of drug-likeness (QED) is 0.936. The summed E-state index contributed by atoms with van der Waals surface area (Å²) in [7, 11) is 0. The van der Waals surface area contributed by atoms with Gasteiger partial charge in [-0.3, -0.25) is 4.90 Å². The third-order valence-corrected chi connectivity index (χ3v) is 4.76. The average molecular weight is 314 g/mol. The first-order valence-corrected chi connectivity index (χ1v) is 8.25. The van der Waals surface area contributed by atoms with Gasteiger partial charge in [-0.25, -0.2) is 0 Å². The van der Waals surface area contributed by atoms with Crippen molar-refractivity contribution >= 4 is 0 Å². The van der Waals surface area contributed by atoms with Crippen molar-refractivity contribution in [1.29, 1.82) is 0 Å². The highest BCUT2D eigenvalue weighted by atomic mass is 16.5. The van der Waals surface area contributed by atoms with Crippen molar-refractivity contribution < 1.29 is 9.47 Å². The van der Waals surface area contributed by atoms with Crippen LogP contribution in [-0.2, 0) is 17.7 Å². The average Bonchev–Trinajstić information content (AvgIpc) is 3.04. The number of benzene rings is 1. The molecule has 1 aromatic heterocycles. The van der Waals surface area contributed by atoms with E-state index in [0.29, 0.717) is 0 Å². The van der Waals surface area contributed by atoms with Gasteiger partial charge in [0, 0.05) is 44.5 Å². The lowest BCUT2D eigenvalue weighted by Crippen LogP contribution is -2.49. The van der Waals surface area contributed by atoms with Crippen molar-refractivity contribution in [3.63, 3.8) is 0 Å². The predicted octanol–water partition coefficient (Wildman–Crippen LogP) is 1.79. The molecule has 3 heterocycles. The van der Waals surface area contributed by atoms with E-state index < -0.39 is 0 Å². The smallest absolute Gasteiger partial charge is 0.126 e. The highest BCUT2D eigenvalue weighted by molar-refractivity contribution is 5.35. The molecule has 0 radical (unpaired) electrons. The fourth-order valence-corrected chi connectivity index (χ4v) is 3.48. The van der Waals surface area contributed by atoms with Crippen molar-refractivity contribution in [2.45, 2.75) is 31.4 Å². The third kappa shape index (κ3) is 3.23. The molecule has 0 unspecified atom stereocenters. The van der Waals surface area contributed by atoms with Gasteiger partial charge >= 0.3 is 0 Å². The number of aromatic nitrogens is 3. The van der Waals surface area contributed by atoms with Crippen LogP contribution in [0.3, 0.4) is 0 Å². The van der Waals surface area contributed by atoms with Gasteiger partial charge in [0.25, 0.3) is 0 Å². The first-order valence-electron chi connectivity index (χ1n) is 8.25. The van der Waals surface area contributed by atoms with Crippen molar-refractivity contribution in [1.82, 2.24) is 20.3 Å². The maximum Gasteiger partial charge on any atom is 0.126 e. The van der Waals surface area contributed by atoms with Crippen LogP contribution in [0.4, 0.5) is 0 Å². The molecule has 1 fully saturated rings. The molecule has 0 bridgehead atoms. The maximum atomic E-state index is 6.50. The van der Waals surface area contributed by atoms with Crippen molar-refractivity contribution in [2.24, 2.45) is 0 Å². The number of nitrogens with one attached hydrogen (secondary N) is 1. The van der Waals surface area contributed by atoms with E-state index in [2.05, 4.69) is 44.6 Å². The van der Waals surface area contributed by atoms with E-state index in [0.717, 1.165) is 63.6 Å². The molecule has 0 aliphatic carbocycles. The van der Waals surface area contributed by atoms with Crippen LogP contribution in [0.5, 0.6) is 5.75 Å². The van der Waals surface area contributed by atoms with Gasteiger partial charge in [0.05, 0.1) is 25.1 Å². The number of rotatable bonds is 3. The Hall–Kier alpha value is -1.92. The topological polar surface area (TPSA) is 63.3 Å². The number of para-hydroxylation sites is 1. The molecule has 0 amide bonds. The van der Waals surface area contributed by atoms with E-state index in [1.54, 1.807) is 6.20 Å². The molecule has 2 aromatic rings. The number of ether oxygens (including phenoxy) is 2. The Bertz CT molecular complexity index is 638. The monoisotopic (exact) mass is 314 g/mol. The summed E-state index contributed by atoms with van der Waals surface area (Å²) in [5.74, 6) is 1.03. The number of nitrogens with zero attached hydrogens (tertiary/aromatic N) is 3. The van der Waals surface area contributed by atoms with E-state index in [-0.39, 0.29) is 5.60 Å². The minimum atomic E-state index is -0.130. The van der Waals surface area contributed by atoms with Gasteiger partial charge in [0.1, 0.15) is 11.4 Å². The summed E-state index contributed by atoms with van der Waals surface area (Å²) in [5, 5.41) is 10.7. The Morgan fingerprint density at radius 3 is 2.91 bits per heavy atom. The Kier molecular flexibility index (Phi) is 4.01. The van der Waals surface area contributed by atoms with Crippen LogP contribution in [0.15, 0.2) is 30.5 Å². The molecule has 122 valence electrons. The van der Waals surface area contributed by atoms with Gasteiger partial charge in [0.2, 0.25) is 0 Å². The summed E-state index contributed by atoms with van der Waals surface area (Å²) in [6.45, 7) is 4.35. The van der Waals surface area contributed by atoms with Gasteiger partial charge in [-0.05, 0) is 6.07 Å². The third-order valence-electron chi connectivity index (χ3n) is 4.76. The second-order valence-corrected chi connectivity index (χ2v) is 6.43. The standard InChI is InChI=1S/C17H22N4O2/c1-2-4-16-14(3-1)12-21(8-5-15-11-18-20-19-15)13-17(23-16)6-9-22-10-7-17/h1-4,11H,5-10,12-13H2,(H,18,19,20). The van der Waals surface area contributed by atoms with Crippen LogP contribution in [0.2, 0.25) is 0 Å². The second-order valence-electron chi connectivity index (χ2n) is 6.43. The minimum absolute atomic E-state index is 0.130. The van der Waals surface area contributed by atoms with Crippen LogP contribution in [0.1, 0.15) is 24.1 Å². The Labute approximate surface area is 135 Å². The predicted molar refractivity (Wildman–Crippen MR) is 85.2 cm³/mol. The molecule has 23 heavy (non-hydrogen) atoms. The second kappa shape index (κ2) is 6.29. The van der Waals surface area contributed by atoms with Crippen LogP contribution >= 0.6 is 0 Å². The number of H-pyrrole nitrogens is 1. The fraction of sp³-hybridized carbons (Fsp3) is 0.529.